The zero-order valence-electron chi connectivity index (χ0n) is 11.3. The van der Waals surface area contributed by atoms with Crippen molar-refractivity contribution < 1.29 is 18.3 Å². The van der Waals surface area contributed by atoms with E-state index in [0.717, 1.165) is 17.7 Å². The minimum Gasteiger partial charge on any atom is -0.494 e. The van der Waals surface area contributed by atoms with Gasteiger partial charge in [-0.05, 0) is 37.0 Å². The first-order valence-corrected chi connectivity index (χ1v) is 8.39. The van der Waals surface area contributed by atoms with Gasteiger partial charge < -0.3 is 9.84 Å². The minimum absolute atomic E-state index is 0.279. The van der Waals surface area contributed by atoms with Crippen molar-refractivity contribution >= 4 is 9.84 Å². The van der Waals surface area contributed by atoms with Crippen molar-refractivity contribution in [3.8, 4) is 5.75 Å². The molecule has 1 N–H and O–H groups in total. The lowest BCUT2D eigenvalue weighted by Gasteiger charge is -2.44. The van der Waals surface area contributed by atoms with E-state index in [1.54, 1.807) is 24.3 Å². The van der Waals surface area contributed by atoms with Crippen LogP contribution in [0.1, 0.15) is 31.7 Å². The van der Waals surface area contributed by atoms with Crippen molar-refractivity contribution in [2.45, 2.75) is 37.0 Å². The molecule has 0 radical (unpaired) electrons. The van der Waals surface area contributed by atoms with Gasteiger partial charge in [-0.15, -0.1) is 0 Å². The molecule has 4 nitrogen and oxygen atoms in total. The largest absolute Gasteiger partial charge is 0.494 e. The van der Waals surface area contributed by atoms with Crippen molar-refractivity contribution in [2.24, 2.45) is 0 Å². The third-order valence-corrected chi connectivity index (χ3v) is 5.68. The van der Waals surface area contributed by atoms with E-state index in [2.05, 4.69) is 0 Å². The summed E-state index contributed by atoms with van der Waals surface area (Å²) < 4.78 is 28.6. The van der Waals surface area contributed by atoms with E-state index < -0.39 is 20.7 Å². The molecule has 1 aliphatic rings. The minimum atomic E-state index is -3.24. The Hall–Kier alpha value is -1.07. The van der Waals surface area contributed by atoms with Crippen LogP contribution in [-0.2, 0) is 14.6 Å². The summed E-state index contributed by atoms with van der Waals surface area (Å²) in [6.07, 6.45) is 2.20. The van der Waals surface area contributed by atoms with Gasteiger partial charge in [0, 0.05) is 6.26 Å². The van der Waals surface area contributed by atoms with E-state index in [4.69, 9.17) is 4.74 Å². The van der Waals surface area contributed by atoms with Crippen LogP contribution in [0.5, 0.6) is 5.75 Å². The molecule has 0 heterocycles. The average Bonchev–Trinajstić information content (AvgIpc) is 2.31. The number of sulfone groups is 1. The van der Waals surface area contributed by atoms with Crippen LogP contribution in [0.4, 0.5) is 0 Å². The maximum atomic E-state index is 12.0. The second-order valence-electron chi connectivity index (χ2n) is 5.20. The molecule has 1 aliphatic carbocycles. The molecule has 1 aromatic carbocycles. The van der Waals surface area contributed by atoms with Crippen LogP contribution in [0, 0.1) is 0 Å². The Balaban J connectivity index is 2.25. The van der Waals surface area contributed by atoms with Crippen LogP contribution >= 0.6 is 0 Å². The fourth-order valence-electron chi connectivity index (χ4n) is 2.53. The van der Waals surface area contributed by atoms with Crippen molar-refractivity contribution in [1.82, 2.24) is 0 Å². The second kappa shape index (κ2) is 5.13. The third-order valence-electron chi connectivity index (χ3n) is 3.69. The van der Waals surface area contributed by atoms with Crippen molar-refractivity contribution in [3.63, 3.8) is 0 Å². The summed E-state index contributed by atoms with van der Waals surface area (Å²) in [5.41, 5.74) is 0.740. The number of rotatable bonds is 5. The normalized spacial score (nSPS) is 26.8. The molecule has 0 aliphatic heterocycles. The van der Waals surface area contributed by atoms with Crippen molar-refractivity contribution in [1.29, 1.82) is 0 Å². The summed E-state index contributed by atoms with van der Waals surface area (Å²) in [6, 6.07) is 7.17. The summed E-state index contributed by atoms with van der Waals surface area (Å²) in [5, 5.41) is 9.49. The van der Waals surface area contributed by atoms with Gasteiger partial charge in [0.2, 0.25) is 0 Å². The molecule has 1 saturated carbocycles. The molecule has 0 amide bonds. The standard InChI is InChI=1S/C14H20O4S/c1-3-8-18-13-6-4-11(5-7-13)14(19(2,16)17)9-12(15)10-14/h4-7,12,15H,3,8-10H2,1-2H3. The highest BCUT2D eigenvalue weighted by atomic mass is 32.2. The van der Waals surface area contributed by atoms with Gasteiger partial charge in [0.1, 0.15) is 10.5 Å². The lowest BCUT2D eigenvalue weighted by atomic mass is 9.76. The Labute approximate surface area is 114 Å². The Morgan fingerprint density at radius 3 is 2.32 bits per heavy atom. The zero-order chi connectivity index (χ0) is 14.1. The maximum absolute atomic E-state index is 12.0. The molecule has 2 rings (SSSR count). The third kappa shape index (κ3) is 2.62. The van der Waals surface area contributed by atoms with Crippen LogP contribution in [0.15, 0.2) is 24.3 Å². The molecule has 0 saturated heterocycles. The molecule has 106 valence electrons. The monoisotopic (exact) mass is 284 g/mol. The molecule has 0 unspecified atom stereocenters. The Kier molecular flexibility index (Phi) is 3.87. The first-order chi connectivity index (χ1) is 8.89. The number of aliphatic hydroxyl groups is 1. The molecule has 0 spiro atoms. The zero-order valence-corrected chi connectivity index (χ0v) is 12.1. The quantitative estimate of drug-likeness (QED) is 0.896. The summed E-state index contributed by atoms with van der Waals surface area (Å²) in [4.78, 5) is 0. The lowest BCUT2D eigenvalue weighted by Crippen LogP contribution is -2.49. The second-order valence-corrected chi connectivity index (χ2v) is 7.53. The van der Waals surface area contributed by atoms with Gasteiger partial charge in [-0.3, -0.25) is 0 Å². The van der Waals surface area contributed by atoms with Crippen LogP contribution in [-0.4, -0.2) is 32.5 Å². The predicted octanol–water partition coefficient (Wildman–Crippen LogP) is 1.87. The summed E-state index contributed by atoms with van der Waals surface area (Å²) >= 11 is 0. The SMILES string of the molecule is CCCOc1ccc(C2(S(C)(=O)=O)CC(O)C2)cc1. The molecule has 0 aromatic heterocycles. The molecule has 1 fully saturated rings. The van der Waals surface area contributed by atoms with Gasteiger partial charge in [-0.2, -0.15) is 0 Å². The van der Waals surface area contributed by atoms with Crippen LogP contribution in [0.3, 0.4) is 0 Å². The van der Waals surface area contributed by atoms with Gasteiger partial charge in [-0.25, -0.2) is 8.42 Å². The maximum Gasteiger partial charge on any atom is 0.157 e. The molecule has 5 heteroatoms. The lowest BCUT2D eigenvalue weighted by molar-refractivity contribution is 0.0557. The Morgan fingerprint density at radius 2 is 1.89 bits per heavy atom. The van der Waals surface area contributed by atoms with E-state index >= 15 is 0 Å². The molecule has 19 heavy (non-hydrogen) atoms. The highest BCUT2D eigenvalue weighted by Crippen LogP contribution is 2.48. The van der Waals surface area contributed by atoms with Crippen molar-refractivity contribution in [3.05, 3.63) is 29.8 Å². The molecular weight excluding hydrogens is 264 g/mol. The topological polar surface area (TPSA) is 63.6 Å². The van der Waals surface area contributed by atoms with E-state index in [1.165, 1.54) is 6.26 Å². The molecular formula is C14H20O4S. The molecule has 0 atom stereocenters. The summed E-state index contributed by atoms with van der Waals surface area (Å²) in [5.74, 6) is 0.745. The summed E-state index contributed by atoms with van der Waals surface area (Å²) in [7, 11) is -3.24. The van der Waals surface area contributed by atoms with Gasteiger partial charge >= 0.3 is 0 Å². The van der Waals surface area contributed by atoms with Crippen LogP contribution < -0.4 is 4.74 Å². The number of hydrogen-bond acceptors (Lipinski definition) is 4. The van der Waals surface area contributed by atoms with Gasteiger partial charge in [0.15, 0.2) is 9.84 Å². The van der Waals surface area contributed by atoms with Gasteiger partial charge in [0.25, 0.3) is 0 Å². The highest BCUT2D eigenvalue weighted by molar-refractivity contribution is 7.91. The molecule has 1 aromatic rings. The Morgan fingerprint density at radius 1 is 1.32 bits per heavy atom. The van der Waals surface area contributed by atoms with E-state index in [0.29, 0.717) is 6.61 Å². The van der Waals surface area contributed by atoms with Gasteiger partial charge in [0.05, 0.1) is 12.7 Å². The van der Waals surface area contributed by atoms with E-state index in [1.807, 2.05) is 6.92 Å². The van der Waals surface area contributed by atoms with E-state index in [9.17, 15) is 13.5 Å². The van der Waals surface area contributed by atoms with Crippen LogP contribution in [0.2, 0.25) is 0 Å². The number of ether oxygens (including phenoxy) is 1. The highest BCUT2D eigenvalue weighted by Gasteiger charge is 2.52. The molecule has 0 bridgehead atoms. The van der Waals surface area contributed by atoms with E-state index in [-0.39, 0.29) is 12.8 Å². The van der Waals surface area contributed by atoms with Crippen molar-refractivity contribution in [2.75, 3.05) is 12.9 Å². The van der Waals surface area contributed by atoms with Crippen LogP contribution in [0.25, 0.3) is 0 Å². The average molecular weight is 284 g/mol. The fraction of sp³-hybridized carbons (Fsp3) is 0.571. The first kappa shape index (κ1) is 14.3. The number of aliphatic hydroxyl groups excluding tert-OH is 1. The Bertz CT molecular complexity index is 527. The smallest absolute Gasteiger partial charge is 0.157 e. The summed E-state index contributed by atoms with van der Waals surface area (Å²) in [6.45, 7) is 2.68. The predicted molar refractivity (Wildman–Crippen MR) is 74.0 cm³/mol. The number of hydrogen-bond donors (Lipinski definition) is 1. The number of benzene rings is 1. The van der Waals surface area contributed by atoms with Gasteiger partial charge in [-0.1, -0.05) is 19.1 Å². The fourth-order valence-corrected chi connectivity index (χ4v) is 4.08. The first-order valence-electron chi connectivity index (χ1n) is 6.50.